The molecule has 0 atom stereocenters. The van der Waals surface area contributed by atoms with E-state index < -0.39 is 0 Å². The van der Waals surface area contributed by atoms with E-state index in [1.54, 1.807) is 0 Å². The highest BCUT2D eigenvalue weighted by molar-refractivity contribution is 6.34. The summed E-state index contributed by atoms with van der Waals surface area (Å²) in [5.74, 6) is 0.112. The number of rotatable bonds is 2. The van der Waals surface area contributed by atoms with Crippen molar-refractivity contribution in [1.82, 2.24) is 10.6 Å². The number of carbonyl (C=O) groups excluding carboxylic acids is 1. The van der Waals surface area contributed by atoms with Gasteiger partial charge in [-0.2, -0.15) is 0 Å². The molecule has 1 amide bonds. The zero-order valence-electron chi connectivity index (χ0n) is 11.7. The number of hydrogen-bond donors (Lipinski definition) is 3. The highest BCUT2D eigenvalue weighted by atomic mass is 35.5. The van der Waals surface area contributed by atoms with Crippen LogP contribution in [0.2, 0.25) is 5.02 Å². The van der Waals surface area contributed by atoms with Gasteiger partial charge in [0.15, 0.2) is 0 Å². The number of amides is 1. The molecule has 21 heavy (non-hydrogen) atoms. The Morgan fingerprint density at radius 1 is 1.33 bits per heavy atom. The first-order valence-electron chi connectivity index (χ1n) is 7.12. The minimum Gasteiger partial charge on any atom is -0.362 e. The molecule has 0 aromatic heterocycles. The van der Waals surface area contributed by atoms with Crippen LogP contribution in [-0.2, 0) is 4.79 Å². The van der Waals surface area contributed by atoms with E-state index in [0.29, 0.717) is 10.7 Å². The second-order valence-corrected chi connectivity index (χ2v) is 5.80. The van der Waals surface area contributed by atoms with Gasteiger partial charge in [0.1, 0.15) is 0 Å². The summed E-state index contributed by atoms with van der Waals surface area (Å²) >= 11 is 6.29. The highest BCUT2D eigenvalue weighted by Crippen LogP contribution is 2.32. The SMILES string of the molecule is C=C1NC=Cc2cc(NC(=O)C3CCNCC3)c(Cl)cc21. The molecule has 0 unspecified atom stereocenters. The van der Waals surface area contributed by atoms with Crippen LogP contribution in [0.15, 0.2) is 24.9 Å². The lowest BCUT2D eigenvalue weighted by Crippen LogP contribution is -2.34. The van der Waals surface area contributed by atoms with Crippen LogP contribution in [0.1, 0.15) is 24.0 Å². The Kier molecular flexibility index (Phi) is 3.99. The molecule has 3 N–H and O–H groups in total. The van der Waals surface area contributed by atoms with Crippen LogP contribution in [0.3, 0.4) is 0 Å². The Morgan fingerprint density at radius 3 is 2.86 bits per heavy atom. The minimum atomic E-state index is 0.0510. The summed E-state index contributed by atoms with van der Waals surface area (Å²) in [4.78, 5) is 12.3. The average molecular weight is 304 g/mol. The molecular formula is C16H18ClN3O. The summed E-state index contributed by atoms with van der Waals surface area (Å²) in [6.07, 6.45) is 5.52. The van der Waals surface area contributed by atoms with Gasteiger partial charge in [-0.1, -0.05) is 18.2 Å². The van der Waals surface area contributed by atoms with Gasteiger partial charge in [-0.05, 0) is 49.7 Å². The minimum absolute atomic E-state index is 0.0510. The fourth-order valence-electron chi connectivity index (χ4n) is 2.71. The van der Waals surface area contributed by atoms with Crippen LogP contribution in [0.5, 0.6) is 0 Å². The lowest BCUT2D eigenvalue weighted by atomic mass is 9.96. The zero-order chi connectivity index (χ0) is 14.8. The quantitative estimate of drug-likeness (QED) is 0.787. The van der Waals surface area contributed by atoms with Crippen LogP contribution in [-0.4, -0.2) is 19.0 Å². The molecule has 110 valence electrons. The summed E-state index contributed by atoms with van der Waals surface area (Å²) in [5, 5.41) is 9.81. The van der Waals surface area contributed by atoms with Crippen molar-refractivity contribution < 1.29 is 4.79 Å². The first kappa shape index (κ1) is 14.2. The number of piperidine rings is 1. The number of halogens is 1. The van der Waals surface area contributed by atoms with E-state index >= 15 is 0 Å². The molecule has 1 fully saturated rings. The summed E-state index contributed by atoms with van der Waals surface area (Å²) in [7, 11) is 0. The van der Waals surface area contributed by atoms with Crippen LogP contribution in [0.4, 0.5) is 5.69 Å². The number of fused-ring (bicyclic) bond motifs is 1. The third-order valence-corrected chi connectivity index (χ3v) is 4.27. The van der Waals surface area contributed by atoms with Gasteiger partial charge in [-0.25, -0.2) is 0 Å². The normalized spacial score (nSPS) is 18.0. The molecule has 2 heterocycles. The van der Waals surface area contributed by atoms with Gasteiger partial charge in [0.05, 0.1) is 10.7 Å². The maximum atomic E-state index is 12.3. The Morgan fingerprint density at radius 2 is 2.10 bits per heavy atom. The zero-order valence-corrected chi connectivity index (χ0v) is 12.5. The Bertz CT molecular complexity index is 618. The van der Waals surface area contributed by atoms with Gasteiger partial charge in [-0.15, -0.1) is 0 Å². The van der Waals surface area contributed by atoms with Gasteiger partial charge in [0.2, 0.25) is 5.91 Å². The average Bonchev–Trinajstić information content (AvgIpc) is 2.50. The molecule has 2 aliphatic rings. The first-order chi connectivity index (χ1) is 10.1. The molecule has 0 saturated carbocycles. The fraction of sp³-hybridized carbons (Fsp3) is 0.312. The van der Waals surface area contributed by atoms with Gasteiger partial charge in [0, 0.05) is 23.4 Å². The Labute approximate surface area is 129 Å². The maximum Gasteiger partial charge on any atom is 0.227 e. The third-order valence-electron chi connectivity index (χ3n) is 3.95. The number of hydrogen-bond acceptors (Lipinski definition) is 3. The lowest BCUT2D eigenvalue weighted by Gasteiger charge is -2.23. The fourth-order valence-corrected chi connectivity index (χ4v) is 2.92. The third kappa shape index (κ3) is 2.96. The predicted octanol–water partition coefficient (Wildman–Crippen LogP) is 2.82. The van der Waals surface area contributed by atoms with Gasteiger partial charge in [-0.3, -0.25) is 4.79 Å². The van der Waals surface area contributed by atoms with Crippen LogP contribution in [0.25, 0.3) is 11.8 Å². The summed E-state index contributed by atoms with van der Waals surface area (Å²) in [5.41, 5.74) is 3.44. The van der Waals surface area contributed by atoms with E-state index in [4.69, 9.17) is 11.6 Å². The van der Waals surface area contributed by atoms with Crippen molar-refractivity contribution in [2.24, 2.45) is 5.92 Å². The van der Waals surface area contributed by atoms with Crippen molar-refractivity contribution in [3.63, 3.8) is 0 Å². The summed E-state index contributed by atoms with van der Waals surface area (Å²) < 4.78 is 0. The number of benzene rings is 1. The maximum absolute atomic E-state index is 12.3. The standard InChI is InChI=1S/C16H18ClN3O/c1-10-13-9-14(17)15(8-12(13)4-7-19-10)20-16(21)11-2-5-18-6-3-11/h4,7-9,11,18-19H,1-3,5-6H2,(H,20,21). The molecule has 1 aromatic rings. The molecule has 0 aliphatic carbocycles. The van der Waals surface area contributed by atoms with E-state index in [1.807, 2.05) is 24.4 Å². The second-order valence-electron chi connectivity index (χ2n) is 5.39. The summed E-state index contributed by atoms with van der Waals surface area (Å²) in [6.45, 7) is 5.73. The Balaban J connectivity index is 1.81. The number of nitrogens with one attached hydrogen (secondary N) is 3. The molecule has 1 aromatic carbocycles. The summed E-state index contributed by atoms with van der Waals surface area (Å²) in [6, 6.07) is 3.74. The molecule has 2 aliphatic heterocycles. The van der Waals surface area contributed by atoms with Crippen LogP contribution in [0, 0.1) is 5.92 Å². The molecule has 3 rings (SSSR count). The topological polar surface area (TPSA) is 53.2 Å². The monoisotopic (exact) mass is 303 g/mol. The molecule has 4 nitrogen and oxygen atoms in total. The predicted molar refractivity (Wildman–Crippen MR) is 86.9 cm³/mol. The lowest BCUT2D eigenvalue weighted by molar-refractivity contribution is -0.120. The van der Waals surface area contributed by atoms with E-state index in [9.17, 15) is 4.79 Å². The molecule has 5 heteroatoms. The first-order valence-corrected chi connectivity index (χ1v) is 7.50. The second kappa shape index (κ2) is 5.92. The van der Waals surface area contributed by atoms with E-state index in [2.05, 4.69) is 22.5 Å². The van der Waals surface area contributed by atoms with Crippen molar-refractivity contribution in [2.75, 3.05) is 18.4 Å². The van der Waals surface area contributed by atoms with Gasteiger partial charge < -0.3 is 16.0 Å². The smallest absolute Gasteiger partial charge is 0.227 e. The molecule has 0 radical (unpaired) electrons. The number of carbonyl (C=O) groups is 1. The van der Waals surface area contributed by atoms with Crippen molar-refractivity contribution in [3.05, 3.63) is 41.1 Å². The molecular weight excluding hydrogens is 286 g/mol. The van der Waals surface area contributed by atoms with E-state index in [0.717, 1.165) is 42.8 Å². The van der Waals surface area contributed by atoms with Crippen molar-refractivity contribution in [3.8, 4) is 0 Å². The van der Waals surface area contributed by atoms with E-state index in [1.165, 1.54) is 0 Å². The largest absolute Gasteiger partial charge is 0.362 e. The van der Waals surface area contributed by atoms with Crippen molar-refractivity contribution in [2.45, 2.75) is 12.8 Å². The molecule has 1 saturated heterocycles. The van der Waals surface area contributed by atoms with E-state index in [-0.39, 0.29) is 11.8 Å². The van der Waals surface area contributed by atoms with Gasteiger partial charge >= 0.3 is 0 Å². The molecule has 0 spiro atoms. The number of anilines is 1. The van der Waals surface area contributed by atoms with Crippen molar-refractivity contribution in [1.29, 1.82) is 0 Å². The van der Waals surface area contributed by atoms with Gasteiger partial charge in [0.25, 0.3) is 0 Å². The highest BCUT2D eigenvalue weighted by Gasteiger charge is 2.22. The van der Waals surface area contributed by atoms with Crippen molar-refractivity contribution >= 4 is 35.0 Å². The van der Waals surface area contributed by atoms with Crippen LogP contribution < -0.4 is 16.0 Å². The Hall–Kier alpha value is -1.78. The van der Waals surface area contributed by atoms with Crippen LogP contribution >= 0.6 is 11.6 Å². The molecule has 0 bridgehead atoms.